The minimum Gasteiger partial charge on any atom is -0.309 e. The molecule has 4 nitrogen and oxygen atoms in total. The second kappa shape index (κ2) is 7.14. The van der Waals surface area contributed by atoms with E-state index in [1.807, 2.05) is 0 Å². The maximum Gasteiger partial charge on any atom is 0.259 e. The first-order valence-corrected chi connectivity index (χ1v) is 9.63. The van der Waals surface area contributed by atoms with Gasteiger partial charge in [0.25, 0.3) is 5.56 Å². The molecule has 1 N–H and O–H groups in total. The van der Waals surface area contributed by atoms with Crippen molar-refractivity contribution >= 4 is 21.6 Å². The third-order valence-electron chi connectivity index (χ3n) is 4.98. The van der Waals surface area contributed by atoms with Crippen LogP contribution in [0.5, 0.6) is 0 Å². The Balaban J connectivity index is 1.91. The van der Waals surface area contributed by atoms with Crippen LogP contribution in [0.4, 0.5) is 0 Å². The summed E-state index contributed by atoms with van der Waals surface area (Å²) in [7, 11) is 0. The zero-order valence-corrected chi connectivity index (χ0v) is 15.3. The molecule has 0 aliphatic carbocycles. The summed E-state index contributed by atoms with van der Waals surface area (Å²) in [6.07, 6.45) is 5.93. The Morgan fingerprint density at radius 2 is 2.04 bits per heavy atom. The van der Waals surface area contributed by atoms with Gasteiger partial charge in [-0.1, -0.05) is 26.7 Å². The molecule has 0 spiro atoms. The van der Waals surface area contributed by atoms with Crippen molar-refractivity contribution in [2.75, 3.05) is 13.1 Å². The van der Waals surface area contributed by atoms with Gasteiger partial charge in [-0.05, 0) is 50.8 Å². The van der Waals surface area contributed by atoms with Gasteiger partial charge in [0.05, 0.1) is 11.9 Å². The van der Waals surface area contributed by atoms with Crippen molar-refractivity contribution in [3.05, 3.63) is 26.6 Å². The lowest BCUT2D eigenvalue weighted by Gasteiger charge is -2.25. The van der Waals surface area contributed by atoms with E-state index in [0.717, 1.165) is 48.5 Å². The first-order chi connectivity index (χ1) is 11.1. The molecular weight excluding hydrogens is 306 g/mol. The smallest absolute Gasteiger partial charge is 0.259 e. The average molecular weight is 334 g/mol. The number of aromatic nitrogens is 2. The Kier molecular flexibility index (Phi) is 5.17. The van der Waals surface area contributed by atoms with Crippen LogP contribution in [0, 0.1) is 12.8 Å². The highest BCUT2D eigenvalue weighted by Gasteiger charge is 2.18. The van der Waals surface area contributed by atoms with Crippen molar-refractivity contribution in [1.29, 1.82) is 0 Å². The van der Waals surface area contributed by atoms with E-state index < -0.39 is 0 Å². The molecule has 3 rings (SSSR count). The molecule has 1 fully saturated rings. The lowest BCUT2D eigenvalue weighted by molar-refractivity contribution is 0.216. The monoisotopic (exact) mass is 333 g/mol. The fourth-order valence-corrected chi connectivity index (χ4v) is 4.43. The number of rotatable bonds is 5. The average Bonchev–Trinajstić information content (AvgIpc) is 2.84. The van der Waals surface area contributed by atoms with Gasteiger partial charge in [-0.25, -0.2) is 4.98 Å². The highest BCUT2D eigenvalue weighted by atomic mass is 32.1. The Hall–Kier alpha value is -1.20. The van der Waals surface area contributed by atoms with Crippen molar-refractivity contribution in [1.82, 2.24) is 14.9 Å². The third kappa shape index (κ3) is 3.66. The topological polar surface area (TPSA) is 49.0 Å². The van der Waals surface area contributed by atoms with E-state index in [1.54, 1.807) is 11.3 Å². The Morgan fingerprint density at radius 1 is 1.30 bits per heavy atom. The molecule has 3 heterocycles. The second-order valence-corrected chi connectivity index (χ2v) is 8.09. The number of H-pyrrole nitrogens is 1. The molecule has 1 atom stereocenters. The lowest BCUT2D eigenvalue weighted by atomic mass is 9.98. The van der Waals surface area contributed by atoms with Crippen LogP contribution in [0.3, 0.4) is 0 Å². The van der Waals surface area contributed by atoms with Crippen molar-refractivity contribution in [3.63, 3.8) is 0 Å². The highest BCUT2D eigenvalue weighted by molar-refractivity contribution is 7.18. The number of nitrogens with zero attached hydrogens (tertiary/aromatic N) is 2. The van der Waals surface area contributed by atoms with Gasteiger partial charge < -0.3 is 4.98 Å². The molecule has 0 saturated carbocycles. The van der Waals surface area contributed by atoms with E-state index in [9.17, 15) is 4.79 Å². The summed E-state index contributed by atoms with van der Waals surface area (Å²) in [5, 5.41) is 0.829. The van der Waals surface area contributed by atoms with E-state index in [0.29, 0.717) is 5.92 Å². The molecule has 0 aromatic carbocycles. The first kappa shape index (κ1) is 16.7. The van der Waals surface area contributed by atoms with Crippen LogP contribution in [-0.2, 0) is 13.0 Å². The van der Waals surface area contributed by atoms with E-state index in [-0.39, 0.29) is 5.56 Å². The predicted molar refractivity (Wildman–Crippen MR) is 97.3 cm³/mol. The van der Waals surface area contributed by atoms with E-state index in [1.165, 1.54) is 29.7 Å². The molecule has 1 aliphatic heterocycles. The number of likely N-dealkylation sites (tertiary alicyclic amines) is 1. The van der Waals surface area contributed by atoms with Crippen LogP contribution in [-0.4, -0.2) is 28.0 Å². The van der Waals surface area contributed by atoms with Crippen LogP contribution >= 0.6 is 11.3 Å². The van der Waals surface area contributed by atoms with Gasteiger partial charge >= 0.3 is 0 Å². The van der Waals surface area contributed by atoms with Crippen molar-refractivity contribution < 1.29 is 0 Å². The Morgan fingerprint density at radius 3 is 2.74 bits per heavy atom. The van der Waals surface area contributed by atoms with E-state index >= 15 is 0 Å². The number of piperidine rings is 1. The molecular formula is C18H27N3OS. The molecule has 2 aromatic heterocycles. The number of aromatic amines is 1. The Bertz CT molecular complexity index is 728. The summed E-state index contributed by atoms with van der Waals surface area (Å²) in [5.41, 5.74) is 1.25. The molecule has 0 radical (unpaired) electrons. The van der Waals surface area contributed by atoms with E-state index in [2.05, 4.69) is 30.7 Å². The van der Waals surface area contributed by atoms with Gasteiger partial charge in [0.1, 0.15) is 10.7 Å². The second-order valence-electron chi connectivity index (χ2n) is 6.88. The normalized spacial score (nSPS) is 17.7. The van der Waals surface area contributed by atoms with Crippen LogP contribution in [0.2, 0.25) is 0 Å². The van der Waals surface area contributed by atoms with Crippen LogP contribution < -0.4 is 5.56 Å². The molecule has 0 unspecified atom stereocenters. The summed E-state index contributed by atoms with van der Waals surface area (Å²) in [6.45, 7) is 9.56. The minimum absolute atomic E-state index is 0.0460. The lowest BCUT2D eigenvalue weighted by Crippen LogP contribution is -2.30. The highest BCUT2D eigenvalue weighted by Crippen LogP contribution is 2.29. The maximum absolute atomic E-state index is 12.6. The van der Waals surface area contributed by atoms with Crippen molar-refractivity contribution in [3.8, 4) is 0 Å². The van der Waals surface area contributed by atoms with Crippen LogP contribution in [0.15, 0.2) is 4.79 Å². The molecule has 126 valence electrons. The van der Waals surface area contributed by atoms with Crippen molar-refractivity contribution in [2.24, 2.45) is 5.92 Å². The first-order valence-electron chi connectivity index (χ1n) is 8.82. The standard InChI is InChI=1S/C18H27N3OS/c1-4-12(2)10-14-13(3)23-18-16(14)17(22)19-15(20-18)11-21-8-6-5-7-9-21/h12H,4-11H2,1-3H3,(H,19,20,22)/t12-/m1/s1. The molecule has 23 heavy (non-hydrogen) atoms. The predicted octanol–water partition coefficient (Wildman–Crippen LogP) is 3.87. The van der Waals surface area contributed by atoms with Gasteiger partial charge in [0.2, 0.25) is 0 Å². The number of thiophene rings is 1. The largest absolute Gasteiger partial charge is 0.309 e. The molecule has 2 aromatic rings. The van der Waals surface area contributed by atoms with Gasteiger partial charge in [0.15, 0.2) is 0 Å². The molecule has 1 saturated heterocycles. The summed E-state index contributed by atoms with van der Waals surface area (Å²) < 4.78 is 0. The molecule has 0 bridgehead atoms. The number of aryl methyl sites for hydroxylation is 1. The molecule has 5 heteroatoms. The third-order valence-corrected chi connectivity index (χ3v) is 6.02. The SMILES string of the molecule is CC[C@@H](C)Cc1c(C)sc2nc(CN3CCCCC3)[nH]c(=O)c12. The quantitative estimate of drug-likeness (QED) is 0.903. The minimum atomic E-state index is 0.0460. The van der Waals surface area contributed by atoms with Gasteiger partial charge in [-0.3, -0.25) is 9.69 Å². The van der Waals surface area contributed by atoms with Crippen molar-refractivity contribution in [2.45, 2.75) is 59.4 Å². The molecule has 0 amide bonds. The number of nitrogens with one attached hydrogen (secondary N) is 1. The van der Waals surface area contributed by atoms with Crippen LogP contribution in [0.1, 0.15) is 55.8 Å². The van der Waals surface area contributed by atoms with Gasteiger partial charge in [-0.15, -0.1) is 11.3 Å². The van der Waals surface area contributed by atoms with Gasteiger partial charge in [0, 0.05) is 4.88 Å². The molecule has 1 aliphatic rings. The maximum atomic E-state index is 12.6. The fraction of sp³-hybridized carbons (Fsp3) is 0.667. The Labute approximate surface area is 141 Å². The van der Waals surface area contributed by atoms with E-state index in [4.69, 9.17) is 4.98 Å². The number of fused-ring (bicyclic) bond motifs is 1. The summed E-state index contributed by atoms with van der Waals surface area (Å²) in [4.78, 5) is 25.0. The van der Waals surface area contributed by atoms with Crippen LogP contribution in [0.25, 0.3) is 10.2 Å². The fourth-order valence-electron chi connectivity index (χ4n) is 3.36. The van der Waals surface area contributed by atoms with Gasteiger partial charge in [-0.2, -0.15) is 0 Å². The zero-order valence-electron chi connectivity index (χ0n) is 14.4. The zero-order chi connectivity index (χ0) is 16.4. The summed E-state index contributed by atoms with van der Waals surface area (Å²) >= 11 is 1.67. The number of hydrogen-bond donors (Lipinski definition) is 1. The summed E-state index contributed by atoms with van der Waals surface area (Å²) in [6, 6.07) is 0. The number of hydrogen-bond acceptors (Lipinski definition) is 4. The summed E-state index contributed by atoms with van der Waals surface area (Å²) in [5.74, 6) is 1.42.